The molecule has 0 bridgehead atoms. The number of benzene rings is 1. The van der Waals surface area contributed by atoms with Crippen LogP contribution in [0.3, 0.4) is 0 Å². The van der Waals surface area contributed by atoms with Crippen LogP contribution < -0.4 is 0 Å². The number of carbonyl (C=O) groups is 2. The summed E-state index contributed by atoms with van der Waals surface area (Å²) >= 11 is 0. The van der Waals surface area contributed by atoms with Crippen molar-refractivity contribution in [2.45, 2.75) is 25.6 Å². The molecule has 21 heavy (non-hydrogen) atoms. The van der Waals surface area contributed by atoms with Gasteiger partial charge in [-0.3, -0.25) is 9.59 Å². The number of nitrogens with zero attached hydrogens (tertiary/aromatic N) is 1. The van der Waals surface area contributed by atoms with Crippen LogP contribution in [0, 0.1) is 6.92 Å². The Morgan fingerprint density at radius 1 is 1.05 bits per heavy atom. The van der Waals surface area contributed by atoms with Crippen LogP contribution in [-0.4, -0.2) is 48.7 Å². The summed E-state index contributed by atoms with van der Waals surface area (Å²) in [5.41, 5.74) is 1.51. The summed E-state index contributed by atoms with van der Waals surface area (Å²) in [6, 6.07) is 7.08. The van der Waals surface area contributed by atoms with Gasteiger partial charge in [-0.15, -0.1) is 0 Å². The Balaban J connectivity index is 1.63. The average Bonchev–Trinajstić information content (AvgIpc) is 2.96. The molecule has 1 aromatic rings. The number of amides is 1. The first-order valence-corrected chi connectivity index (χ1v) is 7.28. The van der Waals surface area contributed by atoms with Gasteiger partial charge in [-0.1, -0.05) is 29.8 Å². The molecule has 0 atom stereocenters. The van der Waals surface area contributed by atoms with Crippen LogP contribution in [0.1, 0.15) is 28.8 Å². The van der Waals surface area contributed by atoms with Crippen molar-refractivity contribution in [3.05, 3.63) is 35.4 Å². The number of piperidine rings is 1. The molecule has 1 aromatic carbocycles. The molecule has 1 amide bonds. The highest BCUT2D eigenvalue weighted by molar-refractivity contribution is 6.42. The van der Waals surface area contributed by atoms with Crippen LogP contribution in [0.25, 0.3) is 0 Å². The molecule has 5 heteroatoms. The maximum Gasteiger partial charge on any atom is 0.294 e. The average molecular weight is 289 g/mol. The van der Waals surface area contributed by atoms with Crippen molar-refractivity contribution < 1.29 is 19.1 Å². The second kappa shape index (κ2) is 5.58. The van der Waals surface area contributed by atoms with Crippen LogP contribution >= 0.6 is 0 Å². The van der Waals surface area contributed by atoms with Gasteiger partial charge in [0.15, 0.2) is 5.79 Å². The first-order chi connectivity index (χ1) is 10.1. The first kappa shape index (κ1) is 14.2. The Bertz CT molecular complexity index is 536. The summed E-state index contributed by atoms with van der Waals surface area (Å²) in [5, 5.41) is 0. The Morgan fingerprint density at radius 2 is 1.62 bits per heavy atom. The molecule has 0 N–H and O–H groups in total. The highest BCUT2D eigenvalue weighted by Crippen LogP contribution is 2.31. The number of aryl methyl sites for hydroxylation is 1. The zero-order chi connectivity index (χ0) is 14.9. The number of hydrogen-bond acceptors (Lipinski definition) is 4. The third kappa shape index (κ3) is 2.84. The summed E-state index contributed by atoms with van der Waals surface area (Å²) in [5.74, 6) is -1.41. The summed E-state index contributed by atoms with van der Waals surface area (Å²) < 4.78 is 11.2. The fourth-order valence-electron chi connectivity index (χ4n) is 2.81. The maximum atomic E-state index is 12.3. The number of ketones is 1. The summed E-state index contributed by atoms with van der Waals surface area (Å²) in [6.07, 6.45) is 1.25. The third-order valence-electron chi connectivity index (χ3n) is 4.13. The van der Waals surface area contributed by atoms with E-state index < -0.39 is 17.5 Å². The molecule has 1 spiro atoms. The smallest absolute Gasteiger partial charge is 0.294 e. The number of rotatable bonds is 2. The summed E-state index contributed by atoms with van der Waals surface area (Å²) in [6.45, 7) is 4.15. The van der Waals surface area contributed by atoms with Crippen molar-refractivity contribution in [3.63, 3.8) is 0 Å². The normalized spacial score (nSPS) is 20.7. The molecule has 2 fully saturated rings. The molecule has 0 aromatic heterocycles. The Labute approximate surface area is 123 Å². The van der Waals surface area contributed by atoms with E-state index in [-0.39, 0.29) is 0 Å². The van der Waals surface area contributed by atoms with E-state index in [1.54, 1.807) is 17.0 Å². The number of ether oxygens (including phenoxy) is 2. The van der Waals surface area contributed by atoms with Crippen molar-refractivity contribution in [1.29, 1.82) is 0 Å². The van der Waals surface area contributed by atoms with Crippen LogP contribution in [-0.2, 0) is 14.3 Å². The van der Waals surface area contributed by atoms with Crippen LogP contribution in [0.15, 0.2) is 24.3 Å². The molecule has 0 saturated carbocycles. The minimum Gasteiger partial charge on any atom is -0.347 e. The van der Waals surface area contributed by atoms with E-state index in [2.05, 4.69) is 0 Å². The lowest BCUT2D eigenvalue weighted by Gasteiger charge is -2.37. The predicted molar refractivity (Wildman–Crippen MR) is 76.0 cm³/mol. The number of likely N-dealkylation sites (tertiary alicyclic amines) is 1. The third-order valence-corrected chi connectivity index (χ3v) is 4.13. The van der Waals surface area contributed by atoms with Crippen molar-refractivity contribution >= 4 is 11.7 Å². The van der Waals surface area contributed by atoms with Gasteiger partial charge < -0.3 is 14.4 Å². The zero-order valence-electron chi connectivity index (χ0n) is 12.1. The predicted octanol–water partition coefficient (Wildman–Crippen LogP) is 1.54. The monoisotopic (exact) mass is 289 g/mol. The van der Waals surface area contributed by atoms with E-state index in [1.165, 1.54) is 0 Å². The first-order valence-electron chi connectivity index (χ1n) is 7.28. The molecule has 2 aliphatic heterocycles. The lowest BCUT2D eigenvalue weighted by atomic mass is 10.0. The highest BCUT2D eigenvalue weighted by Gasteiger charge is 2.41. The number of Topliss-reactive ketones (excluding diaryl/α,β-unsaturated/α-hetero) is 1. The van der Waals surface area contributed by atoms with Gasteiger partial charge in [0.25, 0.3) is 5.91 Å². The lowest BCUT2D eigenvalue weighted by Crippen LogP contribution is -2.49. The fourth-order valence-corrected chi connectivity index (χ4v) is 2.81. The second-order valence-electron chi connectivity index (χ2n) is 5.59. The fraction of sp³-hybridized carbons (Fsp3) is 0.500. The molecule has 2 heterocycles. The molecular formula is C16H19NO4. The van der Waals surface area contributed by atoms with Gasteiger partial charge in [-0.05, 0) is 6.92 Å². The van der Waals surface area contributed by atoms with Gasteiger partial charge in [0.2, 0.25) is 5.78 Å². The van der Waals surface area contributed by atoms with Crippen LogP contribution in [0.5, 0.6) is 0 Å². The van der Waals surface area contributed by atoms with Crippen molar-refractivity contribution in [3.8, 4) is 0 Å². The van der Waals surface area contributed by atoms with Gasteiger partial charge in [0.1, 0.15) is 0 Å². The molecule has 2 aliphatic rings. The molecule has 5 nitrogen and oxygen atoms in total. The Morgan fingerprint density at radius 3 is 2.19 bits per heavy atom. The van der Waals surface area contributed by atoms with E-state index in [9.17, 15) is 9.59 Å². The molecule has 0 unspecified atom stereocenters. The summed E-state index contributed by atoms with van der Waals surface area (Å²) in [4.78, 5) is 26.1. The van der Waals surface area contributed by atoms with Crippen LogP contribution in [0.4, 0.5) is 0 Å². The molecule has 0 aliphatic carbocycles. The van der Waals surface area contributed by atoms with E-state index in [0.717, 1.165) is 5.56 Å². The summed E-state index contributed by atoms with van der Waals surface area (Å²) in [7, 11) is 0. The van der Waals surface area contributed by atoms with Gasteiger partial charge >= 0.3 is 0 Å². The quantitative estimate of drug-likeness (QED) is 0.612. The Hall–Kier alpha value is -1.72. The molecule has 3 rings (SSSR count). The molecule has 2 saturated heterocycles. The minimum absolute atomic E-state index is 0.438. The largest absolute Gasteiger partial charge is 0.347 e. The minimum atomic E-state index is -0.524. The molecular weight excluding hydrogens is 270 g/mol. The van der Waals surface area contributed by atoms with Crippen molar-refractivity contribution in [1.82, 2.24) is 4.90 Å². The second-order valence-corrected chi connectivity index (χ2v) is 5.59. The maximum absolute atomic E-state index is 12.3. The van der Waals surface area contributed by atoms with E-state index in [0.29, 0.717) is 44.7 Å². The van der Waals surface area contributed by atoms with E-state index in [1.807, 2.05) is 19.1 Å². The SMILES string of the molecule is Cc1ccc(C(=O)C(=O)N2CCC3(CC2)OCCO3)cc1. The Kier molecular flexibility index (Phi) is 3.78. The van der Waals surface area contributed by atoms with Gasteiger partial charge in [-0.2, -0.15) is 0 Å². The number of hydrogen-bond donors (Lipinski definition) is 0. The lowest BCUT2D eigenvalue weighted by molar-refractivity contribution is -0.186. The topological polar surface area (TPSA) is 55.8 Å². The molecule has 0 radical (unpaired) electrons. The molecule has 112 valence electrons. The van der Waals surface area contributed by atoms with E-state index >= 15 is 0 Å². The standard InChI is InChI=1S/C16H19NO4/c1-12-2-4-13(5-3-12)14(18)15(19)17-8-6-16(7-9-17)20-10-11-21-16/h2-5H,6-11H2,1H3. The van der Waals surface area contributed by atoms with E-state index in [4.69, 9.17) is 9.47 Å². The van der Waals surface area contributed by atoms with Crippen molar-refractivity contribution in [2.24, 2.45) is 0 Å². The van der Waals surface area contributed by atoms with Gasteiger partial charge in [-0.25, -0.2) is 0 Å². The highest BCUT2D eigenvalue weighted by atomic mass is 16.7. The zero-order valence-corrected chi connectivity index (χ0v) is 12.1. The van der Waals surface area contributed by atoms with Gasteiger partial charge in [0, 0.05) is 31.5 Å². The number of carbonyl (C=O) groups excluding carboxylic acids is 2. The van der Waals surface area contributed by atoms with Gasteiger partial charge in [0.05, 0.1) is 13.2 Å². The van der Waals surface area contributed by atoms with Crippen LogP contribution in [0.2, 0.25) is 0 Å². The van der Waals surface area contributed by atoms with Crippen molar-refractivity contribution in [2.75, 3.05) is 26.3 Å².